The Morgan fingerprint density at radius 3 is 2.90 bits per heavy atom. The van der Waals surface area contributed by atoms with Crippen molar-refractivity contribution in [2.45, 2.75) is 13.0 Å². The first-order chi connectivity index (χ1) is 10.2. The van der Waals surface area contributed by atoms with E-state index in [4.69, 9.17) is 14.0 Å². The van der Waals surface area contributed by atoms with Crippen molar-refractivity contribution in [1.29, 1.82) is 0 Å². The molecule has 0 aliphatic carbocycles. The summed E-state index contributed by atoms with van der Waals surface area (Å²) in [5.41, 5.74) is 2.26. The van der Waals surface area contributed by atoms with E-state index in [2.05, 4.69) is 5.16 Å². The average molecular weight is 288 g/mol. The van der Waals surface area contributed by atoms with Crippen molar-refractivity contribution in [3.63, 3.8) is 0 Å². The molecule has 21 heavy (non-hydrogen) atoms. The highest BCUT2D eigenvalue weighted by Gasteiger charge is 2.26. The van der Waals surface area contributed by atoms with Crippen LogP contribution in [0, 0.1) is 0 Å². The standard InChI is InChI=1S/C15H16N2O4/c1-19-12-5-3-4-10-9-17(7-6-11(10)12)15(18)13-8-14(20-2)16-21-13/h3-5,8H,6-7,9H2,1-2H3. The fourth-order valence-corrected chi connectivity index (χ4v) is 2.55. The molecule has 0 bridgehead atoms. The molecule has 3 rings (SSSR count). The molecular weight excluding hydrogens is 272 g/mol. The molecule has 1 aliphatic rings. The molecule has 0 unspecified atom stereocenters. The summed E-state index contributed by atoms with van der Waals surface area (Å²) in [6.07, 6.45) is 0.760. The molecule has 1 amide bonds. The number of fused-ring (bicyclic) bond motifs is 1. The molecule has 0 saturated carbocycles. The lowest BCUT2D eigenvalue weighted by Gasteiger charge is -2.28. The Morgan fingerprint density at radius 2 is 2.19 bits per heavy atom. The normalized spacial score (nSPS) is 13.7. The Hall–Kier alpha value is -2.50. The molecule has 0 N–H and O–H groups in total. The molecule has 1 aliphatic heterocycles. The van der Waals surface area contributed by atoms with Crippen molar-refractivity contribution in [2.24, 2.45) is 0 Å². The predicted molar refractivity (Wildman–Crippen MR) is 74.5 cm³/mol. The van der Waals surface area contributed by atoms with Gasteiger partial charge in [-0.05, 0) is 23.2 Å². The number of methoxy groups -OCH3 is 2. The van der Waals surface area contributed by atoms with E-state index in [0.717, 1.165) is 17.7 Å². The minimum atomic E-state index is -0.181. The van der Waals surface area contributed by atoms with Crippen LogP contribution in [0.3, 0.4) is 0 Å². The molecule has 1 aromatic heterocycles. The summed E-state index contributed by atoms with van der Waals surface area (Å²) >= 11 is 0. The fraction of sp³-hybridized carbons (Fsp3) is 0.333. The van der Waals surface area contributed by atoms with Gasteiger partial charge in [0.2, 0.25) is 5.76 Å². The van der Waals surface area contributed by atoms with Gasteiger partial charge < -0.3 is 18.9 Å². The molecule has 0 radical (unpaired) electrons. The van der Waals surface area contributed by atoms with E-state index in [-0.39, 0.29) is 11.7 Å². The van der Waals surface area contributed by atoms with Crippen molar-refractivity contribution >= 4 is 5.91 Å². The second-order valence-corrected chi connectivity index (χ2v) is 4.81. The van der Waals surface area contributed by atoms with Gasteiger partial charge in [-0.2, -0.15) is 0 Å². The van der Waals surface area contributed by atoms with Crippen molar-refractivity contribution in [1.82, 2.24) is 10.1 Å². The molecule has 1 aromatic carbocycles. The largest absolute Gasteiger partial charge is 0.496 e. The van der Waals surface area contributed by atoms with Crippen molar-refractivity contribution in [2.75, 3.05) is 20.8 Å². The maximum Gasteiger partial charge on any atom is 0.292 e. The van der Waals surface area contributed by atoms with Crippen LogP contribution in [-0.2, 0) is 13.0 Å². The van der Waals surface area contributed by atoms with Gasteiger partial charge in [-0.1, -0.05) is 12.1 Å². The monoisotopic (exact) mass is 288 g/mol. The molecule has 6 nitrogen and oxygen atoms in total. The Bertz CT molecular complexity index is 665. The van der Waals surface area contributed by atoms with E-state index in [1.165, 1.54) is 18.7 Å². The van der Waals surface area contributed by atoms with Gasteiger partial charge in [0.25, 0.3) is 11.8 Å². The van der Waals surface area contributed by atoms with E-state index in [9.17, 15) is 4.79 Å². The first-order valence-electron chi connectivity index (χ1n) is 6.67. The molecule has 0 fully saturated rings. The van der Waals surface area contributed by atoms with Gasteiger partial charge in [0.05, 0.1) is 20.3 Å². The summed E-state index contributed by atoms with van der Waals surface area (Å²) < 4.78 is 15.3. The maximum absolute atomic E-state index is 12.4. The summed E-state index contributed by atoms with van der Waals surface area (Å²) in [4.78, 5) is 14.1. The first kappa shape index (κ1) is 13.5. The third-order valence-corrected chi connectivity index (χ3v) is 3.64. The molecule has 2 heterocycles. The second kappa shape index (κ2) is 5.47. The lowest BCUT2D eigenvalue weighted by Crippen LogP contribution is -2.35. The van der Waals surface area contributed by atoms with Crippen LogP contribution in [0.25, 0.3) is 0 Å². The first-order valence-corrected chi connectivity index (χ1v) is 6.67. The van der Waals surface area contributed by atoms with E-state index in [1.54, 1.807) is 12.0 Å². The number of carbonyl (C=O) groups is 1. The summed E-state index contributed by atoms with van der Waals surface area (Å²) in [6.45, 7) is 1.16. The number of hydrogen-bond donors (Lipinski definition) is 0. The number of amides is 1. The maximum atomic E-state index is 12.4. The number of hydrogen-bond acceptors (Lipinski definition) is 5. The summed E-state index contributed by atoms with van der Waals surface area (Å²) in [6, 6.07) is 7.39. The van der Waals surface area contributed by atoms with Crippen molar-refractivity contribution in [3.8, 4) is 11.6 Å². The van der Waals surface area contributed by atoms with E-state index >= 15 is 0 Å². The van der Waals surface area contributed by atoms with Crippen LogP contribution in [0.2, 0.25) is 0 Å². The van der Waals surface area contributed by atoms with E-state index in [1.807, 2.05) is 18.2 Å². The number of ether oxygens (including phenoxy) is 2. The van der Waals surface area contributed by atoms with Crippen molar-refractivity contribution in [3.05, 3.63) is 41.2 Å². The topological polar surface area (TPSA) is 64.8 Å². The molecule has 2 aromatic rings. The van der Waals surface area contributed by atoms with Gasteiger partial charge in [0, 0.05) is 18.7 Å². The number of rotatable bonds is 3. The smallest absolute Gasteiger partial charge is 0.292 e. The molecule has 0 saturated heterocycles. The van der Waals surface area contributed by atoms with Crippen LogP contribution in [-0.4, -0.2) is 36.7 Å². The van der Waals surface area contributed by atoms with Crippen LogP contribution in [0.15, 0.2) is 28.8 Å². The van der Waals surface area contributed by atoms with E-state index in [0.29, 0.717) is 19.0 Å². The lowest BCUT2D eigenvalue weighted by atomic mass is 9.98. The third-order valence-electron chi connectivity index (χ3n) is 3.64. The summed E-state index contributed by atoms with van der Waals surface area (Å²) in [7, 11) is 3.14. The Morgan fingerprint density at radius 1 is 1.33 bits per heavy atom. The molecule has 0 atom stereocenters. The zero-order chi connectivity index (χ0) is 14.8. The average Bonchev–Trinajstić information content (AvgIpc) is 3.02. The highest BCUT2D eigenvalue weighted by Crippen LogP contribution is 2.28. The van der Waals surface area contributed by atoms with Gasteiger partial charge in [0.15, 0.2) is 0 Å². The number of aromatic nitrogens is 1. The number of benzene rings is 1. The summed E-state index contributed by atoms with van der Waals surface area (Å²) in [5, 5.41) is 3.66. The Kier molecular flexibility index (Phi) is 3.51. The van der Waals surface area contributed by atoms with Crippen LogP contribution >= 0.6 is 0 Å². The zero-order valence-electron chi connectivity index (χ0n) is 12.0. The van der Waals surface area contributed by atoms with Gasteiger partial charge in [-0.3, -0.25) is 4.79 Å². The quantitative estimate of drug-likeness (QED) is 0.863. The van der Waals surface area contributed by atoms with Gasteiger partial charge >= 0.3 is 0 Å². The van der Waals surface area contributed by atoms with Crippen LogP contribution in [0.4, 0.5) is 0 Å². The highest BCUT2D eigenvalue weighted by molar-refractivity contribution is 5.91. The molecule has 6 heteroatoms. The summed E-state index contributed by atoms with van der Waals surface area (Å²) in [5.74, 6) is 1.19. The Balaban J connectivity index is 1.81. The third kappa shape index (κ3) is 2.44. The van der Waals surface area contributed by atoms with Crippen molar-refractivity contribution < 1.29 is 18.8 Å². The minimum Gasteiger partial charge on any atom is -0.496 e. The highest BCUT2D eigenvalue weighted by atomic mass is 16.5. The molecule has 110 valence electrons. The van der Waals surface area contributed by atoms with Gasteiger partial charge in [-0.25, -0.2) is 0 Å². The van der Waals surface area contributed by atoms with Crippen LogP contribution < -0.4 is 9.47 Å². The SMILES string of the molecule is COc1cc(C(=O)N2CCc3c(cccc3OC)C2)on1. The van der Waals surface area contributed by atoms with Crippen LogP contribution in [0.1, 0.15) is 21.7 Å². The molecular formula is C15H16N2O4. The number of nitrogens with zero attached hydrogens (tertiary/aromatic N) is 2. The van der Waals surface area contributed by atoms with Gasteiger partial charge in [-0.15, -0.1) is 0 Å². The zero-order valence-corrected chi connectivity index (χ0v) is 12.0. The predicted octanol–water partition coefficient (Wildman–Crippen LogP) is 1.89. The fourth-order valence-electron chi connectivity index (χ4n) is 2.55. The van der Waals surface area contributed by atoms with Crippen LogP contribution in [0.5, 0.6) is 11.6 Å². The number of carbonyl (C=O) groups excluding carboxylic acids is 1. The lowest BCUT2D eigenvalue weighted by molar-refractivity contribution is 0.0691. The minimum absolute atomic E-state index is 0.181. The second-order valence-electron chi connectivity index (χ2n) is 4.81. The molecule has 0 spiro atoms. The van der Waals surface area contributed by atoms with Gasteiger partial charge in [0.1, 0.15) is 5.75 Å². The van der Waals surface area contributed by atoms with E-state index < -0.39 is 0 Å². The Labute approximate surface area is 122 Å².